The van der Waals surface area contributed by atoms with Gasteiger partial charge in [0.2, 0.25) is 21.8 Å². The fourth-order valence-electron chi connectivity index (χ4n) is 4.48. The normalized spacial score (nSPS) is 22.8. The van der Waals surface area contributed by atoms with E-state index in [-0.39, 0.29) is 17.5 Å². The molecule has 0 spiro atoms. The van der Waals surface area contributed by atoms with Crippen LogP contribution in [0.1, 0.15) is 32.6 Å². The SMILES string of the molecule is CC1(C(=O)NC2CCCC2)CN(S(=O)(=O)c2ccccc2)CC(=O)N1c1ccc(F)cc1. The molecular weight excluding hydrogens is 433 g/mol. The summed E-state index contributed by atoms with van der Waals surface area (Å²) >= 11 is 0. The van der Waals surface area contributed by atoms with Gasteiger partial charge < -0.3 is 5.32 Å². The maximum atomic E-state index is 13.5. The number of nitrogens with one attached hydrogen (secondary N) is 1. The third-order valence-corrected chi connectivity index (χ3v) is 7.99. The first-order valence-electron chi connectivity index (χ1n) is 10.7. The second kappa shape index (κ2) is 8.63. The number of sulfonamides is 1. The summed E-state index contributed by atoms with van der Waals surface area (Å²) in [5.41, 5.74) is -1.16. The van der Waals surface area contributed by atoms with Crippen molar-refractivity contribution in [3.8, 4) is 0 Å². The Morgan fingerprint density at radius 2 is 1.69 bits per heavy atom. The third kappa shape index (κ3) is 4.14. The molecule has 2 fully saturated rings. The zero-order chi connectivity index (χ0) is 22.9. The maximum absolute atomic E-state index is 13.5. The molecule has 2 aromatic carbocycles. The molecule has 1 saturated carbocycles. The highest BCUT2D eigenvalue weighted by Crippen LogP contribution is 2.33. The molecule has 1 aliphatic carbocycles. The van der Waals surface area contributed by atoms with Crippen molar-refractivity contribution in [1.82, 2.24) is 9.62 Å². The molecule has 1 unspecified atom stereocenters. The van der Waals surface area contributed by atoms with E-state index in [4.69, 9.17) is 0 Å². The predicted molar refractivity (Wildman–Crippen MR) is 118 cm³/mol. The minimum absolute atomic E-state index is 0.00870. The topological polar surface area (TPSA) is 86.8 Å². The molecule has 1 N–H and O–H groups in total. The quantitative estimate of drug-likeness (QED) is 0.745. The highest BCUT2D eigenvalue weighted by molar-refractivity contribution is 7.89. The summed E-state index contributed by atoms with van der Waals surface area (Å²) in [6.45, 7) is 0.929. The lowest BCUT2D eigenvalue weighted by Crippen LogP contribution is -2.70. The van der Waals surface area contributed by atoms with Crippen LogP contribution in [-0.4, -0.2) is 49.2 Å². The maximum Gasteiger partial charge on any atom is 0.247 e. The second-order valence-corrected chi connectivity index (χ2v) is 10.5. The van der Waals surface area contributed by atoms with Crippen molar-refractivity contribution in [3.63, 3.8) is 0 Å². The Morgan fingerprint density at radius 1 is 1.06 bits per heavy atom. The monoisotopic (exact) mass is 459 g/mol. The van der Waals surface area contributed by atoms with Crippen molar-refractivity contribution in [2.45, 2.75) is 49.1 Å². The molecule has 0 radical (unpaired) electrons. The molecule has 2 aromatic rings. The zero-order valence-corrected chi connectivity index (χ0v) is 18.6. The van der Waals surface area contributed by atoms with Crippen molar-refractivity contribution >= 4 is 27.5 Å². The van der Waals surface area contributed by atoms with Crippen LogP contribution in [-0.2, 0) is 19.6 Å². The van der Waals surface area contributed by atoms with Gasteiger partial charge in [-0.2, -0.15) is 4.31 Å². The molecule has 0 bridgehead atoms. The van der Waals surface area contributed by atoms with Crippen molar-refractivity contribution < 1.29 is 22.4 Å². The van der Waals surface area contributed by atoms with Crippen molar-refractivity contribution in [2.24, 2.45) is 0 Å². The van der Waals surface area contributed by atoms with E-state index in [9.17, 15) is 22.4 Å². The second-order valence-electron chi connectivity index (χ2n) is 8.52. The number of amides is 2. The van der Waals surface area contributed by atoms with E-state index in [1.807, 2.05) is 0 Å². The Labute approximate surface area is 187 Å². The summed E-state index contributed by atoms with van der Waals surface area (Å²) in [5, 5.41) is 3.00. The molecule has 1 aliphatic heterocycles. The number of rotatable bonds is 5. The van der Waals surface area contributed by atoms with Gasteiger partial charge in [0.15, 0.2) is 0 Å². The number of carbonyl (C=O) groups excluding carboxylic acids is 2. The number of carbonyl (C=O) groups is 2. The largest absolute Gasteiger partial charge is 0.351 e. The lowest BCUT2D eigenvalue weighted by Gasteiger charge is -2.47. The number of anilines is 1. The number of hydrogen-bond donors (Lipinski definition) is 1. The molecule has 1 saturated heterocycles. The van der Waals surface area contributed by atoms with Crippen LogP contribution in [0.15, 0.2) is 59.5 Å². The number of halogens is 1. The first-order valence-corrected chi connectivity index (χ1v) is 12.1. The van der Waals surface area contributed by atoms with E-state index >= 15 is 0 Å². The fraction of sp³-hybridized carbons (Fsp3) is 0.391. The molecular formula is C23H26FN3O4S. The van der Waals surface area contributed by atoms with Crippen LogP contribution in [0.3, 0.4) is 0 Å². The van der Waals surface area contributed by atoms with Gasteiger partial charge in [-0.3, -0.25) is 14.5 Å². The first kappa shape index (κ1) is 22.4. The van der Waals surface area contributed by atoms with Crippen LogP contribution >= 0.6 is 0 Å². The molecule has 7 nitrogen and oxygen atoms in total. The van der Waals surface area contributed by atoms with E-state index in [2.05, 4.69) is 5.32 Å². The number of piperazine rings is 1. The lowest BCUT2D eigenvalue weighted by atomic mass is 9.94. The van der Waals surface area contributed by atoms with Gasteiger partial charge in [-0.1, -0.05) is 31.0 Å². The minimum atomic E-state index is -3.99. The molecule has 170 valence electrons. The van der Waals surface area contributed by atoms with Crippen LogP contribution in [0.2, 0.25) is 0 Å². The van der Waals surface area contributed by atoms with Gasteiger partial charge in [0.05, 0.1) is 11.4 Å². The summed E-state index contributed by atoms with van der Waals surface area (Å²) < 4.78 is 41.1. The molecule has 2 amide bonds. The van der Waals surface area contributed by atoms with Gasteiger partial charge in [-0.15, -0.1) is 0 Å². The predicted octanol–water partition coefficient (Wildman–Crippen LogP) is 2.68. The van der Waals surface area contributed by atoms with Gasteiger partial charge >= 0.3 is 0 Å². The van der Waals surface area contributed by atoms with Gasteiger partial charge in [0.25, 0.3) is 0 Å². The van der Waals surface area contributed by atoms with E-state index < -0.39 is 39.7 Å². The smallest absolute Gasteiger partial charge is 0.247 e. The van der Waals surface area contributed by atoms with Gasteiger partial charge in [-0.25, -0.2) is 12.8 Å². The zero-order valence-electron chi connectivity index (χ0n) is 17.8. The van der Waals surface area contributed by atoms with Gasteiger partial charge in [-0.05, 0) is 56.2 Å². The fourth-order valence-corrected chi connectivity index (χ4v) is 5.98. The summed E-state index contributed by atoms with van der Waals surface area (Å²) in [5.74, 6) is -1.44. The van der Waals surface area contributed by atoms with E-state index in [0.29, 0.717) is 5.69 Å². The Balaban J connectivity index is 1.72. The molecule has 0 aromatic heterocycles. The molecule has 1 atom stereocenters. The Bertz CT molecular complexity index is 1100. The highest BCUT2D eigenvalue weighted by atomic mass is 32.2. The van der Waals surface area contributed by atoms with Gasteiger partial charge in [0.1, 0.15) is 11.4 Å². The van der Waals surface area contributed by atoms with Crippen LogP contribution < -0.4 is 10.2 Å². The van der Waals surface area contributed by atoms with Crippen molar-refractivity contribution in [3.05, 3.63) is 60.4 Å². The van der Waals surface area contributed by atoms with Crippen LogP contribution in [0.5, 0.6) is 0 Å². The average molecular weight is 460 g/mol. The lowest BCUT2D eigenvalue weighted by molar-refractivity contribution is -0.133. The summed E-state index contributed by atoms with van der Waals surface area (Å²) in [6, 6.07) is 13.1. The first-order chi connectivity index (χ1) is 15.2. The molecule has 32 heavy (non-hydrogen) atoms. The number of hydrogen-bond acceptors (Lipinski definition) is 4. The Morgan fingerprint density at radius 3 is 2.31 bits per heavy atom. The van der Waals surface area contributed by atoms with Crippen LogP contribution in [0.4, 0.5) is 10.1 Å². The Hall–Kier alpha value is -2.78. The average Bonchev–Trinajstić information content (AvgIpc) is 3.28. The van der Waals surface area contributed by atoms with Crippen molar-refractivity contribution in [2.75, 3.05) is 18.0 Å². The molecule has 1 heterocycles. The van der Waals surface area contributed by atoms with E-state index in [1.54, 1.807) is 25.1 Å². The summed E-state index contributed by atoms with van der Waals surface area (Å²) in [6.07, 6.45) is 3.71. The molecule has 9 heteroatoms. The Kier molecular flexibility index (Phi) is 6.05. The van der Waals surface area contributed by atoms with Gasteiger partial charge in [0, 0.05) is 18.3 Å². The van der Waals surface area contributed by atoms with E-state index in [0.717, 1.165) is 30.0 Å². The van der Waals surface area contributed by atoms with Crippen LogP contribution in [0.25, 0.3) is 0 Å². The standard InChI is InChI=1S/C23H26FN3O4S/c1-23(22(29)25-18-7-5-6-8-18)16-26(32(30,31)20-9-3-2-4-10-20)15-21(28)27(23)19-13-11-17(24)12-14-19/h2-4,9-14,18H,5-8,15-16H2,1H3,(H,25,29). The summed E-state index contributed by atoms with van der Waals surface area (Å²) in [7, 11) is -3.99. The third-order valence-electron chi connectivity index (χ3n) is 6.18. The van der Waals surface area contributed by atoms with Crippen LogP contribution in [0, 0.1) is 5.82 Å². The van der Waals surface area contributed by atoms with E-state index in [1.165, 1.54) is 41.3 Å². The summed E-state index contributed by atoms with van der Waals surface area (Å²) in [4.78, 5) is 28.1. The molecule has 4 rings (SSSR count). The number of benzene rings is 2. The van der Waals surface area contributed by atoms with Crippen molar-refractivity contribution in [1.29, 1.82) is 0 Å². The minimum Gasteiger partial charge on any atom is -0.351 e. The highest BCUT2D eigenvalue weighted by Gasteiger charge is 2.51. The molecule has 2 aliphatic rings. The number of nitrogens with zero attached hydrogens (tertiary/aromatic N) is 2.